The van der Waals surface area contributed by atoms with Gasteiger partial charge in [-0.3, -0.25) is 0 Å². The fourth-order valence-corrected chi connectivity index (χ4v) is 2.44. The van der Waals surface area contributed by atoms with Crippen LogP contribution in [0, 0.1) is 9.39 Å². The number of nitrogens with one attached hydrogen (secondary N) is 1. The first-order valence-electron chi connectivity index (χ1n) is 5.98. The van der Waals surface area contributed by atoms with Gasteiger partial charge < -0.3 is 9.72 Å². The minimum Gasteiger partial charge on any atom is -0.465 e. The van der Waals surface area contributed by atoms with Crippen LogP contribution in [0.25, 0.3) is 22.6 Å². The predicted molar refractivity (Wildman–Crippen MR) is 83.3 cm³/mol. The Hall–Kier alpha value is -2.03. The zero-order valence-corrected chi connectivity index (χ0v) is 13.0. The van der Waals surface area contributed by atoms with Crippen molar-refractivity contribution in [3.05, 3.63) is 45.4 Å². The SMILES string of the molecule is COC(=O)c1ccc(-c2nc3c(I)c(F)cnc3[nH]2)cc1. The summed E-state index contributed by atoms with van der Waals surface area (Å²) in [5.41, 5.74) is 2.24. The summed E-state index contributed by atoms with van der Waals surface area (Å²) in [6.45, 7) is 0. The van der Waals surface area contributed by atoms with Gasteiger partial charge in [0.25, 0.3) is 0 Å². The van der Waals surface area contributed by atoms with E-state index in [4.69, 9.17) is 0 Å². The Kier molecular flexibility index (Phi) is 3.58. The molecule has 2 aromatic heterocycles. The summed E-state index contributed by atoms with van der Waals surface area (Å²) in [5.74, 6) is -0.232. The van der Waals surface area contributed by atoms with Gasteiger partial charge in [0.2, 0.25) is 0 Å². The zero-order chi connectivity index (χ0) is 15.0. The zero-order valence-electron chi connectivity index (χ0n) is 10.9. The number of carbonyl (C=O) groups excluding carboxylic acids is 1. The quantitative estimate of drug-likeness (QED) is 0.533. The van der Waals surface area contributed by atoms with Crippen molar-refractivity contribution in [1.82, 2.24) is 15.0 Å². The lowest BCUT2D eigenvalue weighted by Crippen LogP contribution is -2.00. The van der Waals surface area contributed by atoms with Crippen LogP contribution in [0.15, 0.2) is 30.5 Å². The maximum atomic E-state index is 13.5. The van der Waals surface area contributed by atoms with Crippen LogP contribution in [0.2, 0.25) is 0 Å². The molecule has 0 amide bonds. The molecule has 2 heterocycles. The second-order valence-electron chi connectivity index (χ2n) is 4.27. The highest BCUT2D eigenvalue weighted by Crippen LogP contribution is 2.24. The van der Waals surface area contributed by atoms with E-state index in [1.165, 1.54) is 7.11 Å². The van der Waals surface area contributed by atoms with Crippen molar-refractivity contribution in [2.45, 2.75) is 0 Å². The van der Waals surface area contributed by atoms with Crippen molar-refractivity contribution < 1.29 is 13.9 Å². The number of aromatic amines is 1. The van der Waals surface area contributed by atoms with Crippen LogP contribution in [0.5, 0.6) is 0 Å². The van der Waals surface area contributed by atoms with E-state index < -0.39 is 11.8 Å². The number of aromatic nitrogens is 3. The number of rotatable bonds is 2. The van der Waals surface area contributed by atoms with E-state index in [0.29, 0.717) is 26.1 Å². The molecule has 1 N–H and O–H groups in total. The summed E-state index contributed by atoms with van der Waals surface area (Å²) in [6.07, 6.45) is 1.16. The molecule has 0 saturated heterocycles. The highest BCUT2D eigenvalue weighted by atomic mass is 127. The van der Waals surface area contributed by atoms with Crippen LogP contribution < -0.4 is 0 Å². The van der Waals surface area contributed by atoms with Gasteiger partial charge >= 0.3 is 5.97 Å². The number of imidazole rings is 1. The smallest absolute Gasteiger partial charge is 0.337 e. The molecule has 106 valence electrons. The van der Waals surface area contributed by atoms with Crippen LogP contribution >= 0.6 is 22.6 Å². The first-order valence-corrected chi connectivity index (χ1v) is 7.06. The van der Waals surface area contributed by atoms with Gasteiger partial charge in [0.05, 0.1) is 22.4 Å². The molecule has 7 heteroatoms. The summed E-state index contributed by atoms with van der Waals surface area (Å²) in [5, 5.41) is 0. The number of pyridine rings is 1. The molecule has 0 bridgehead atoms. The van der Waals surface area contributed by atoms with E-state index in [9.17, 15) is 9.18 Å². The molecule has 1 aromatic carbocycles. The standard InChI is InChI=1S/C14H9FIN3O2/c1-21-14(20)8-4-2-7(3-5-8)12-18-11-10(16)9(15)6-17-13(11)19-12/h2-6H,1H3,(H,17,18,19). The molecule has 0 aliphatic rings. The monoisotopic (exact) mass is 397 g/mol. The molecule has 0 radical (unpaired) electrons. The first kappa shape index (κ1) is 13.9. The third-order valence-corrected chi connectivity index (χ3v) is 4.01. The van der Waals surface area contributed by atoms with Crippen molar-refractivity contribution in [3.63, 3.8) is 0 Å². The number of carbonyl (C=O) groups is 1. The van der Waals surface area contributed by atoms with Gasteiger partial charge in [0.1, 0.15) is 11.3 Å². The third-order valence-electron chi connectivity index (χ3n) is 2.99. The average molecular weight is 397 g/mol. The van der Waals surface area contributed by atoms with Crippen LogP contribution in [0.4, 0.5) is 4.39 Å². The molecule has 0 spiro atoms. The topological polar surface area (TPSA) is 67.9 Å². The molecule has 3 aromatic rings. The molecule has 5 nitrogen and oxygen atoms in total. The van der Waals surface area contributed by atoms with Gasteiger partial charge in [-0.25, -0.2) is 19.2 Å². The lowest BCUT2D eigenvalue weighted by Gasteiger charge is -2.00. The highest BCUT2D eigenvalue weighted by Gasteiger charge is 2.13. The molecule has 0 unspecified atom stereocenters. The van der Waals surface area contributed by atoms with E-state index in [1.807, 2.05) is 22.6 Å². The van der Waals surface area contributed by atoms with Gasteiger partial charge in [0.15, 0.2) is 11.5 Å². The third kappa shape index (κ3) is 2.48. The number of fused-ring (bicyclic) bond motifs is 1. The Bertz CT molecular complexity index is 830. The van der Waals surface area contributed by atoms with Gasteiger partial charge in [-0.2, -0.15) is 0 Å². The Morgan fingerprint density at radius 3 is 2.71 bits per heavy atom. The van der Waals surface area contributed by atoms with E-state index >= 15 is 0 Å². The molecule has 0 atom stereocenters. The molecular formula is C14H9FIN3O2. The molecule has 0 fully saturated rings. The molecule has 21 heavy (non-hydrogen) atoms. The summed E-state index contributed by atoms with van der Waals surface area (Å²) in [6, 6.07) is 6.78. The number of methoxy groups -OCH3 is 1. The Balaban J connectivity index is 2.04. The highest BCUT2D eigenvalue weighted by molar-refractivity contribution is 14.1. The van der Waals surface area contributed by atoms with Gasteiger partial charge in [0, 0.05) is 5.56 Å². The van der Waals surface area contributed by atoms with E-state index in [1.54, 1.807) is 24.3 Å². The average Bonchev–Trinajstić information content (AvgIpc) is 2.95. The first-order chi connectivity index (χ1) is 10.1. The van der Waals surface area contributed by atoms with Crippen LogP contribution in [0.1, 0.15) is 10.4 Å². The van der Waals surface area contributed by atoms with Crippen LogP contribution in [-0.2, 0) is 4.74 Å². The maximum Gasteiger partial charge on any atom is 0.337 e. The predicted octanol–water partition coefficient (Wildman–Crippen LogP) is 3.16. The Labute approximate surface area is 132 Å². The molecular weight excluding hydrogens is 388 g/mol. The number of nitrogens with zero attached hydrogens (tertiary/aromatic N) is 2. The second-order valence-corrected chi connectivity index (χ2v) is 5.35. The number of esters is 1. The summed E-state index contributed by atoms with van der Waals surface area (Å²) >= 11 is 1.90. The van der Waals surface area contributed by atoms with Gasteiger partial charge in [-0.15, -0.1) is 0 Å². The molecule has 0 aliphatic carbocycles. The van der Waals surface area contributed by atoms with Crippen molar-refractivity contribution >= 4 is 39.7 Å². The minimum absolute atomic E-state index is 0.399. The maximum absolute atomic E-state index is 13.5. The number of hydrogen-bond donors (Lipinski definition) is 1. The van der Waals surface area contributed by atoms with Crippen molar-refractivity contribution in [1.29, 1.82) is 0 Å². The lowest BCUT2D eigenvalue weighted by molar-refractivity contribution is 0.0601. The molecule has 0 saturated carbocycles. The van der Waals surface area contributed by atoms with Gasteiger partial charge in [-0.05, 0) is 34.7 Å². The van der Waals surface area contributed by atoms with E-state index in [2.05, 4.69) is 19.7 Å². The number of H-pyrrole nitrogens is 1. The van der Waals surface area contributed by atoms with E-state index in [-0.39, 0.29) is 0 Å². The minimum atomic E-state index is -0.401. The number of ether oxygens (including phenoxy) is 1. The fraction of sp³-hybridized carbons (Fsp3) is 0.0714. The van der Waals surface area contributed by atoms with Crippen molar-refractivity contribution in [3.8, 4) is 11.4 Å². The Morgan fingerprint density at radius 2 is 2.05 bits per heavy atom. The Morgan fingerprint density at radius 1 is 1.33 bits per heavy atom. The normalized spacial score (nSPS) is 10.8. The van der Waals surface area contributed by atoms with E-state index in [0.717, 1.165) is 11.8 Å². The van der Waals surface area contributed by atoms with Crippen LogP contribution in [-0.4, -0.2) is 28.0 Å². The lowest BCUT2D eigenvalue weighted by atomic mass is 10.1. The largest absolute Gasteiger partial charge is 0.465 e. The summed E-state index contributed by atoms with van der Waals surface area (Å²) in [7, 11) is 1.33. The number of hydrogen-bond acceptors (Lipinski definition) is 4. The fourth-order valence-electron chi connectivity index (χ4n) is 1.92. The van der Waals surface area contributed by atoms with Crippen molar-refractivity contribution in [2.24, 2.45) is 0 Å². The number of benzene rings is 1. The summed E-state index contributed by atoms with van der Waals surface area (Å²) < 4.78 is 18.5. The molecule has 3 rings (SSSR count). The number of halogens is 2. The van der Waals surface area contributed by atoms with Crippen molar-refractivity contribution in [2.75, 3.05) is 7.11 Å². The van der Waals surface area contributed by atoms with Gasteiger partial charge in [-0.1, -0.05) is 12.1 Å². The summed E-state index contributed by atoms with van der Waals surface area (Å²) in [4.78, 5) is 22.7. The molecule has 0 aliphatic heterocycles. The second kappa shape index (κ2) is 5.40. The van der Waals surface area contributed by atoms with Crippen LogP contribution in [0.3, 0.4) is 0 Å².